The maximum Gasteiger partial charge on any atom is 0.416 e. The summed E-state index contributed by atoms with van der Waals surface area (Å²) in [6.45, 7) is 0.883. The Kier molecular flexibility index (Phi) is 6.79. The number of halogens is 3. The van der Waals surface area contributed by atoms with Gasteiger partial charge in [0.05, 0.1) is 11.7 Å². The van der Waals surface area contributed by atoms with Crippen molar-refractivity contribution < 1.29 is 31.9 Å². The molecule has 1 aromatic heterocycles. The molecule has 1 aromatic carbocycles. The van der Waals surface area contributed by atoms with Gasteiger partial charge in [0.25, 0.3) is 5.91 Å². The zero-order chi connectivity index (χ0) is 21.6. The van der Waals surface area contributed by atoms with Crippen LogP contribution in [0.3, 0.4) is 0 Å². The molecule has 2 heterocycles. The quantitative estimate of drug-likeness (QED) is 0.539. The van der Waals surface area contributed by atoms with Crippen molar-refractivity contribution in [3.05, 3.63) is 59.1 Å². The molecule has 3 rings (SSSR count). The lowest BCUT2D eigenvalue weighted by molar-refractivity contribution is -0.137. The van der Waals surface area contributed by atoms with E-state index in [-0.39, 0.29) is 29.8 Å². The van der Waals surface area contributed by atoms with Gasteiger partial charge >= 0.3 is 6.18 Å². The SMILES string of the molecule is N#CC(=Cc1ccc(COc2cccc(C(F)(F)F)c2)o1)C(=O)NCC1CCCO1. The van der Waals surface area contributed by atoms with E-state index in [9.17, 15) is 23.2 Å². The summed E-state index contributed by atoms with van der Waals surface area (Å²) >= 11 is 0. The molecule has 0 aliphatic carbocycles. The first-order valence-corrected chi connectivity index (χ1v) is 9.25. The fraction of sp³-hybridized carbons (Fsp3) is 0.333. The van der Waals surface area contributed by atoms with Crippen LogP contribution in [-0.2, 0) is 22.3 Å². The Morgan fingerprint density at radius 1 is 1.33 bits per heavy atom. The maximum absolute atomic E-state index is 12.8. The van der Waals surface area contributed by atoms with Crippen molar-refractivity contribution in [1.82, 2.24) is 5.32 Å². The van der Waals surface area contributed by atoms with Crippen LogP contribution in [0.5, 0.6) is 5.75 Å². The molecule has 1 aliphatic rings. The molecule has 1 fully saturated rings. The van der Waals surface area contributed by atoms with Crippen LogP contribution in [0.15, 0.2) is 46.4 Å². The molecule has 0 bridgehead atoms. The number of furan rings is 1. The predicted octanol–water partition coefficient (Wildman–Crippen LogP) is 4.08. The van der Waals surface area contributed by atoms with Crippen LogP contribution in [0.1, 0.15) is 29.9 Å². The van der Waals surface area contributed by atoms with Crippen molar-refractivity contribution in [3.8, 4) is 11.8 Å². The van der Waals surface area contributed by atoms with Gasteiger partial charge in [-0.25, -0.2) is 0 Å². The summed E-state index contributed by atoms with van der Waals surface area (Å²) < 4.78 is 54.5. The van der Waals surface area contributed by atoms with Gasteiger partial charge in [0.2, 0.25) is 0 Å². The summed E-state index contributed by atoms with van der Waals surface area (Å²) in [5.74, 6) is 0.0906. The lowest BCUT2D eigenvalue weighted by Crippen LogP contribution is -2.32. The van der Waals surface area contributed by atoms with Crippen LogP contribution in [0.2, 0.25) is 0 Å². The van der Waals surface area contributed by atoms with Crippen molar-refractivity contribution in [3.63, 3.8) is 0 Å². The third kappa shape index (κ3) is 5.87. The third-order valence-electron chi connectivity index (χ3n) is 4.39. The largest absolute Gasteiger partial charge is 0.486 e. The number of nitriles is 1. The molecule has 1 aliphatic heterocycles. The zero-order valence-electron chi connectivity index (χ0n) is 15.9. The van der Waals surface area contributed by atoms with E-state index in [0.29, 0.717) is 18.9 Å². The predicted molar refractivity (Wildman–Crippen MR) is 100 cm³/mol. The molecule has 1 saturated heterocycles. The maximum atomic E-state index is 12.8. The average molecular weight is 420 g/mol. The molecule has 2 aromatic rings. The van der Waals surface area contributed by atoms with Gasteiger partial charge in [0.15, 0.2) is 0 Å². The standard InChI is InChI=1S/C21H19F3N2O4/c22-21(23,24)15-3-1-4-16(10-15)29-13-19-7-6-17(30-19)9-14(11-25)20(27)26-12-18-5-2-8-28-18/h1,3-4,6-7,9-10,18H,2,5,8,12-13H2,(H,26,27). The van der Waals surface area contributed by atoms with Crippen LogP contribution in [0, 0.1) is 11.3 Å². The molecular weight excluding hydrogens is 401 g/mol. The van der Waals surface area contributed by atoms with Gasteiger partial charge in [0.1, 0.15) is 35.5 Å². The van der Waals surface area contributed by atoms with Crippen LogP contribution < -0.4 is 10.1 Å². The number of amides is 1. The van der Waals surface area contributed by atoms with Gasteiger partial charge in [-0.05, 0) is 43.2 Å². The minimum Gasteiger partial charge on any atom is -0.486 e. The van der Waals surface area contributed by atoms with Gasteiger partial charge in [-0.1, -0.05) is 6.07 Å². The van der Waals surface area contributed by atoms with E-state index in [4.69, 9.17) is 13.9 Å². The second-order valence-corrected chi connectivity index (χ2v) is 6.63. The molecule has 0 saturated carbocycles. The van der Waals surface area contributed by atoms with Crippen LogP contribution >= 0.6 is 0 Å². The summed E-state index contributed by atoms with van der Waals surface area (Å²) in [5.41, 5.74) is -0.941. The molecule has 6 nitrogen and oxygen atoms in total. The Hall–Kier alpha value is -3.25. The van der Waals surface area contributed by atoms with Crippen LogP contribution in [0.4, 0.5) is 13.2 Å². The highest BCUT2D eigenvalue weighted by molar-refractivity contribution is 6.01. The number of hydrogen-bond donors (Lipinski definition) is 1. The Balaban J connectivity index is 1.58. The Bertz CT molecular complexity index is 954. The summed E-state index contributed by atoms with van der Waals surface area (Å²) in [7, 11) is 0. The van der Waals surface area contributed by atoms with E-state index in [2.05, 4.69) is 5.32 Å². The van der Waals surface area contributed by atoms with E-state index in [0.717, 1.165) is 25.0 Å². The number of rotatable bonds is 7. The van der Waals surface area contributed by atoms with E-state index < -0.39 is 17.6 Å². The Labute approximate surface area is 170 Å². The van der Waals surface area contributed by atoms with E-state index in [1.54, 1.807) is 6.07 Å². The molecule has 0 radical (unpaired) electrons. The lowest BCUT2D eigenvalue weighted by Gasteiger charge is -2.10. The van der Waals surface area contributed by atoms with Gasteiger partial charge in [-0.3, -0.25) is 4.79 Å². The second kappa shape index (κ2) is 9.50. The molecule has 30 heavy (non-hydrogen) atoms. The highest BCUT2D eigenvalue weighted by Gasteiger charge is 2.30. The molecule has 9 heteroatoms. The number of benzene rings is 1. The number of ether oxygens (including phenoxy) is 2. The number of hydrogen-bond acceptors (Lipinski definition) is 5. The Morgan fingerprint density at radius 2 is 2.17 bits per heavy atom. The molecule has 1 atom stereocenters. The summed E-state index contributed by atoms with van der Waals surface area (Å²) in [6, 6.07) is 9.43. The number of carbonyl (C=O) groups is 1. The zero-order valence-corrected chi connectivity index (χ0v) is 15.9. The van der Waals surface area contributed by atoms with Crippen molar-refractivity contribution in [1.29, 1.82) is 5.26 Å². The van der Waals surface area contributed by atoms with Crippen LogP contribution in [-0.4, -0.2) is 25.2 Å². The highest BCUT2D eigenvalue weighted by atomic mass is 19.4. The lowest BCUT2D eigenvalue weighted by atomic mass is 10.2. The van der Waals surface area contributed by atoms with E-state index >= 15 is 0 Å². The number of nitrogens with one attached hydrogen (secondary N) is 1. The molecule has 0 spiro atoms. The summed E-state index contributed by atoms with van der Waals surface area (Å²) in [6.07, 6.45) is -1.41. The third-order valence-corrected chi connectivity index (χ3v) is 4.39. The van der Waals surface area contributed by atoms with Crippen LogP contribution in [0.25, 0.3) is 6.08 Å². The molecule has 1 N–H and O–H groups in total. The monoisotopic (exact) mass is 420 g/mol. The van der Waals surface area contributed by atoms with E-state index in [1.807, 2.05) is 6.07 Å². The van der Waals surface area contributed by atoms with E-state index in [1.165, 1.54) is 24.3 Å². The second-order valence-electron chi connectivity index (χ2n) is 6.63. The Morgan fingerprint density at radius 3 is 2.87 bits per heavy atom. The average Bonchev–Trinajstić information content (AvgIpc) is 3.40. The first-order chi connectivity index (χ1) is 14.3. The van der Waals surface area contributed by atoms with Gasteiger partial charge in [0, 0.05) is 19.2 Å². The fourth-order valence-corrected chi connectivity index (χ4v) is 2.86. The first kappa shape index (κ1) is 21.5. The number of alkyl halides is 3. The molecule has 158 valence electrons. The van der Waals surface area contributed by atoms with Crippen molar-refractivity contribution in [2.24, 2.45) is 0 Å². The molecule has 1 amide bonds. The van der Waals surface area contributed by atoms with Crippen molar-refractivity contribution in [2.45, 2.75) is 31.7 Å². The normalized spacial score (nSPS) is 16.9. The highest BCUT2D eigenvalue weighted by Crippen LogP contribution is 2.31. The van der Waals surface area contributed by atoms with Gasteiger partial charge in [-0.2, -0.15) is 18.4 Å². The van der Waals surface area contributed by atoms with Crippen molar-refractivity contribution >= 4 is 12.0 Å². The number of nitrogens with zero attached hydrogens (tertiary/aromatic N) is 1. The van der Waals surface area contributed by atoms with Gasteiger partial charge < -0.3 is 19.2 Å². The smallest absolute Gasteiger partial charge is 0.416 e. The fourth-order valence-electron chi connectivity index (χ4n) is 2.86. The molecular formula is C21H19F3N2O4. The van der Waals surface area contributed by atoms with Crippen molar-refractivity contribution in [2.75, 3.05) is 13.2 Å². The minimum atomic E-state index is -4.46. The first-order valence-electron chi connectivity index (χ1n) is 9.25. The van der Waals surface area contributed by atoms with Gasteiger partial charge in [-0.15, -0.1) is 0 Å². The molecule has 1 unspecified atom stereocenters. The summed E-state index contributed by atoms with van der Waals surface area (Å²) in [5, 5.41) is 11.9. The topological polar surface area (TPSA) is 84.5 Å². The minimum absolute atomic E-state index is 0.0443. The number of carbonyl (C=O) groups excluding carboxylic acids is 1. The summed E-state index contributed by atoms with van der Waals surface area (Å²) in [4.78, 5) is 12.2.